The van der Waals surface area contributed by atoms with E-state index in [0.29, 0.717) is 0 Å². The standard InChI is InChI=1S/C78H79Cl2N9O32/c1-25(93)83-58-64(102)61(99)49(23-91)118-77(58)120-67-29-5-9-43(38(80)15-29)115-47-18-31-17-46(68(47)121-76-53(82)63(101)60(98)48(22-90)117-76)114-42-8-2-26(10-37(42)79)11-39-69(105)85-55(30-12-32(94)19-34(13-30)113-44-16-27(3-7-41(44)97)52(81)70(106)84-39)72(108)87-56(31)73(109)86-54-28-4-6-40(96)35(14-28)51-36(57(75(111)112)88-74(110)59(67)89-71(54)107)20-33(95)21-45(51)116-78-66(104)65(103)62(100)50(24-92)119-78/h2-10,12-21,39,48-50,52-67,76-78,90-92,94-104H,11,22-24,81-82H2,1H3,(H,83,93)(H,84,106)(H,85,105)(H,86,109)(H,87,108)(H,88,110)(H,89,107)(H,111,112)/t39-,48-,49-,50-,52+,53-,54-,55+,56-,57+,58-,59+,60-,61-,62-,63-,64-,65+,66+,67-,76+,77+,78+/m1/s1. The van der Waals surface area contributed by atoms with Crippen LogP contribution in [0.2, 0.25) is 10.0 Å². The Labute approximate surface area is 691 Å². The number of carboxylic acid groups (broad SMARTS) is 1. The Bertz CT molecular complexity index is 5240. The Morgan fingerprint density at radius 1 is 0.496 bits per heavy atom. The fourth-order valence-corrected chi connectivity index (χ4v) is 15.4. The number of hydrogen-bond donors (Lipinski definition) is 24. The molecule has 0 radical (unpaired) electrons. The van der Waals surface area contributed by atoms with E-state index < -0.39 is 299 Å². The summed E-state index contributed by atoms with van der Waals surface area (Å²) in [4.78, 5) is 123. The summed E-state index contributed by atoms with van der Waals surface area (Å²) >= 11 is 14.5. The number of aliphatic carboxylic acids is 1. The third-order valence-electron chi connectivity index (χ3n) is 21.2. The van der Waals surface area contributed by atoms with E-state index in [1.807, 2.05) is 0 Å². The Balaban J connectivity index is 1.04. The maximum atomic E-state index is 16.8. The van der Waals surface area contributed by atoms with Gasteiger partial charge in [0, 0.05) is 42.2 Å². The molecule has 0 spiro atoms. The minimum absolute atomic E-state index is 0.0346. The second-order valence-electron chi connectivity index (χ2n) is 29.3. The van der Waals surface area contributed by atoms with Gasteiger partial charge in [0.25, 0.3) is 0 Å². The summed E-state index contributed by atoms with van der Waals surface area (Å²) in [5, 5.41) is 185. The van der Waals surface area contributed by atoms with Crippen molar-refractivity contribution in [3.05, 3.63) is 164 Å². The van der Waals surface area contributed by atoms with Crippen LogP contribution in [0.5, 0.6) is 69.0 Å². The van der Waals surface area contributed by atoms with Gasteiger partial charge in [0.15, 0.2) is 35.3 Å². The smallest absolute Gasteiger partial charge is 0.330 e. The van der Waals surface area contributed by atoms with Crippen LogP contribution >= 0.6 is 23.2 Å². The first-order valence-electron chi connectivity index (χ1n) is 37.1. The SMILES string of the molecule is CC(=O)N[C@H]1[C@H](O[C@@H]2c3ccc(c(Cl)c3)Oc3cc4cc(c3O[C@@H]3O[C@H](CO)[C@@H](O)[C@H](O)[C@H]3N)Oc3ccc(cc3Cl)C[C@H]3NC(=O)[C@@H](N)c5ccc(O)c(c5)Oc5cc(O)cc(c5)[C@H](NC3=O)C(=O)N[C@H]4C(=O)N[C@H]3C(=O)N[C@@H]2C(=O)N[C@H](C(=O)O)c2cc(O)cc(O[C@H]4O[C@H](CO)[C@@H](O)[C@H](O)[C@@H]4O)c2-c2cc3ccc2O)O[C@H](CO)[C@@H](O)[C@@H]1O. The maximum absolute atomic E-state index is 16.8. The van der Waals surface area contributed by atoms with Gasteiger partial charge in [0.05, 0.1) is 35.9 Å². The van der Waals surface area contributed by atoms with E-state index >= 15 is 24.0 Å². The quantitative estimate of drug-likeness (QED) is 0.0657. The molecule has 7 aromatic rings. The highest BCUT2D eigenvalue weighted by Gasteiger charge is 2.52. The van der Waals surface area contributed by atoms with E-state index in [-0.39, 0.29) is 44.5 Å². The van der Waals surface area contributed by atoms with Crippen LogP contribution in [0.15, 0.2) is 115 Å². The van der Waals surface area contributed by atoms with Crippen molar-refractivity contribution < 1.29 is 158 Å². The van der Waals surface area contributed by atoms with Crippen LogP contribution in [0.4, 0.5) is 0 Å². The van der Waals surface area contributed by atoms with Crippen molar-refractivity contribution in [2.75, 3.05) is 19.8 Å². The van der Waals surface area contributed by atoms with Crippen molar-refractivity contribution in [2.24, 2.45) is 11.5 Å². The molecular weight excluding hydrogens is 1650 g/mol. The number of aromatic hydroxyl groups is 4. The molecule has 3 fully saturated rings. The fourth-order valence-electron chi connectivity index (χ4n) is 14.9. The second-order valence-corrected chi connectivity index (χ2v) is 30.1. The minimum atomic E-state index is -2.57. The molecule has 9 aliphatic heterocycles. The number of amides is 7. The molecule has 7 amide bonds. The van der Waals surface area contributed by atoms with Crippen LogP contribution in [0, 0.1) is 0 Å². The number of carbonyl (C=O) groups is 8. The summed E-state index contributed by atoms with van der Waals surface area (Å²) in [6.45, 7) is -2.10. The van der Waals surface area contributed by atoms with Crippen LogP contribution in [-0.2, 0) is 63.7 Å². The number of aliphatic hydroxyl groups is 10. The highest BCUT2D eigenvalue weighted by molar-refractivity contribution is 6.32. The van der Waals surface area contributed by atoms with Gasteiger partial charge >= 0.3 is 5.97 Å². The molecule has 0 aliphatic carbocycles. The van der Waals surface area contributed by atoms with Gasteiger partial charge in [-0.3, -0.25) is 33.6 Å². The van der Waals surface area contributed by atoms with Gasteiger partial charge in [-0.05, 0) is 112 Å². The summed E-state index contributed by atoms with van der Waals surface area (Å²) in [7, 11) is 0. The summed E-state index contributed by atoms with van der Waals surface area (Å²) in [5.74, 6) is -18.6. The summed E-state index contributed by atoms with van der Waals surface area (Å²) in [6, 6.07) is 0.910. The predicted octanol–water partition coefficient (Wildman–Crippen LogP) is -2.13. The normalized spacial score (nSPS) is 30.5. The van der Waals surface area contributed by atoms with E-state index in [0.717, 1.165) is 91.9 Å². The molecular formula is C78H79Cl2N9O32. The second kappa shape index (κ2) is 34.9. The number of fused-ring (bicyclic) bond motifs is 14. The maximum Gasteiger partial charge on any atom is 0.330 e. The number of nitrogens with two attached hydrogens (primary N) is 2. The first kappa shape index (κ1) is 85.8. The number of aliphatic hydroxyl groups excluding tert-OH is 10. The lowest BCUT2D eigenvalue weighted by atomic mass is 9.89. The van der Waals surface area contributed by atoms with Crippen molar-refractivity contribution in [1.82, 2.24) is 37.2 Å². The van der Waals surface area contributed by atoms with Crippen LogP contribution in [0.1, 0.15) is 82.2 Å². The number of benzene rings is 7. The van der Waals surface area contributed by atoms with Crippen LogP contribution in [-0.4, -0.2) is 248 Å². The minimum Gasteiger partial charge on any atom is -0.508 e. The number of carboxylic acids is 1. The highest BCUT2D eigenvalue weighted by atomic mass is 35.5. The molecule has 16 rings (SSSR count). The molecule has 0 unspecified atom stereocenters. The summed E-state index contributed by atoms with van der Waals surface area (Å²) in [6.07, 6.45) is -28.6. The number of halogens is 2. The van der Waals surface area contributed by atoms with E-state index in [1.165, 1.54) is 30.3 Å². The van der Waals surface area contributed by atoms with Crippen molar-refractivity contribution in [3.8, 4) is 80.1 Å². The molecule has 41 nitrogen and oxygen atoms in total. The first-order valence-corrected chi connectivity index (χ1v) is 37.9. The van der Waals surface area contributed by atoms with Crippen LogP contribution < -0.4 is 72.4 Å². The topological polar surface area (TPSA) is 659 Å². The van der Waals surface area contributed by atoms with Gasteiger partial charge in [0.2, 0.25) is 59.7 Å². The number of ether oxygens (including phenoxy) is 9. The third kappa shape index (κ3) is 17.3. The zero-order valence-corrected chi connectivity index (χ0v) is 64.1. The molecule has 642 valence electrons. The van der Waals surface area contributed by atoms with Gasteiger partial charge < -0.3 is 168 Å². The van der Waals surface area contributed by atoms with Gasteiger partial charge in [0.1, 0.15) is 150 Å². The molecule has 9 heterocycles. The predicted molar refractivity (Wildman–Crippen MR) is 407 cm³/mol. The lowest BCUT2D eigenvalue weighted by Gasteiger charge is -2.44. The number of rotatable bonds is 11. The number of phenolic OH excluding ortho intramolecular Hbond substituents is 4. The molecule has 121 heavy (non-hydrogen) atoms. The Hall–Kier alpha value is -11.6. The molecule has 7 aromatic carbocycles. The largest absolute Gasteiger partial charge is 0.508 e. The first-order chi connectivity index (χ1) is 57.6. The van der Waals surface area contributed by atoms with Crippen molar-refractivity contribution in [1.29, 1.82) is 0 Å². The summed E-state index contributed by atoms with van der Waals surface area (Å²) in [5.41, 5.74) is 9.40. The Morgan fingerprint density at radius 2 is 1.05 bits per heavy atom. The lowest BCUT2D eigenvalue weighted by Crippen LogP contribution is -2.65. The van der Waals surface area contributed by atoms with E-state index in [1.54, 1.807) is 0 Å². The molecule has 3 saturated heterocycles. The molecule has 0 saturated carbocycles. The van der Waals surface area contributed by atoms with Gasteiger partial charge in [-0.25, -0.2) is 4.79 Å². The number of nitrogens with one attached hydrogen (secondary N) is 7. The van der Waals surface area contributed by atoms with Gasteiger partial charge in [-0.15, -0.1) is 0 Å². The number of carbonyl (C=O) groups excluding carboxylic acids is 7. The van der Waals surface area contributed by atoms with E-state index in [2.05, 4.69) is 37.2 Å². The lowest BCUT2D eigenvalue weighted by molar-refractivity contribution is -0.284. The fraction of sp³-hybridized carbons (Fsp3) is 0.359. The molecule has 9 aliphatic rings. The van der Waals surface area contributed by atoms with E-state index in [4.69, 9.17) is 77.3 Å². The number of hydrogen-bond acceptors (Lipinski definition) is 33. The zero-order valence-electron chi connectivity index (χ0n) is 62.6. The highest BCUT2D eigenvalue weighted by Crippen LogP contribution is 2.51. The van der Waals surface area contributed by atoms with Crippen molar-refractivity contribution >= 4 is 70.5 Å². The number of phenols is 4. The average molecular weight is 1730 g/mol. The molecule has 0 aromatic heterocycles. The van der Waals surface area contributed by atoms with E-state index in [9.17, 15) is 91.0 Å². The molecule has 26 N–H and O–H groups in total. The Morgan fingerprint density at radius 3 is 1.69 bits per heavy atom. The molecule has 43 heteroatoms. The Kier molecular flexibility index (Phi) is 24.7. The molecule has 17 bridgehead atoms. The summed E-state index contributed by atoms with van der Waals surface area (Å²) < 4.78 is 56.4. The third-order valence-corrected chi connectivity index (χ3v) is 21.8. The van der Waals surface area contributed by atoms with Crippen LogP contribution in [0.25, 0.3) is 11.1 Å². The van der Waals surface area contributed by atoms with Crippen LogP contribution in [0.3, 0.4) is 0 Å². The van der Waals surface area contributed by atoms with Gasteiger partial charge in [-0.2, -0.15) is 0 Å². The van der Waals surface area contributed by atoms with Crippen molar-refractivity contribution in [2.45, 2.75) is 154 Å². The van der Waals surface area contributed by atoms with Gasteiger partial charge in [-0.1, -0.05) is 47.5 Å². The zero-order chi connectivity index (χ0) is 86.8. The average Bonchev–Trinajstić information content (AvgIpc) is 0.745. The van der Waals surface area contributed by atoms with Crippen molar-refractivity contribution in [3.63, 3.8) is 0 Å². The monoisotopic (exact) mass is 1720 g/mol. The molecule has 23 atom stereocenters.